The summed E-state index contributed by atoms with van der Waals surface area (Å²) in [5, 5.41) is 1.13. The van der Waals surface area contributed by atoms with Crippen molar-refractivity contribution in [3.63, 3.8) is 0 Å². The number of benzene rings is 1. The van der Waals surface area contributed by atoms with E-state index >= 15 is 0 Å². The molecule has 0 amide bonds. The van der Waals surface area contributed by atoms with Gasteiger partial charge in [-0.15, -0.1) is 0 Å². The van der Waals surface area contributed by atoms with E-state index in [1.165, 1.54) is 5.69 Å². The van der Waals surface area contributed by atoms with Gasteiger partial charge in [0.05, 0.1) is 25.5 Å². The van der Waals surface area contributed by atoms with Crippen LogP contribution in [-0.2, 0) is 17.7 Å². The van der Waals surface area contributed by atoms with Crippen LogP contribution in [0.15, 0.2) is 36.4 Å². The first-order chi connectivity index (χ1) is 15.4. The van der Waals surface area contributed by atoms with Crippen molar-refractivity contribution < 1.29 is 13.5 Å². The number of H-pyrrole nitrogens is 1. The summed E-state index contributed by atoms with van der Waals surface area (Å²) in [7, 11) is 0. The molecule has 0 bridgehead atoms. The Labute approximate surface area is 187 Å². The van der Waals surface area contributed by atoms with Crippen LogP contribution in [0.3, 0.4) is 0 Å². The lowest BCUT2D eigenvalue weighted by molar-refractivity contribution is 0.0123. The number of halogens is 2. The lowest BCUT2D eigenvalue weighted by atomic mass is 10.0. The van der Waals surface area contributed by atoms with E-state index in [0.29, 0.717) is 13.1 Å². The van der Waals surface area contributed by atoms with Gasteiger partial charge in [0.2, 0.25) is 0 Å². The quantitative estimate of drug-likeness (QED) is 0.622. The van der Waals surface area contributed by atoms with E-state index in [-0.39, 0.29) is 13.0 Å². The van der Waals surface area contributed by atoms with Gasteiger partial charge in [-0.2, -0.15) is 0 Å². The van der Waals surface area contributed by atoms with Crippen molar-refractivity contribution in [3.05, 3.63) is 53.3 Å². The highest BCUT2D eigenvalue weighted by Crippen LogP contribution is 2.30. The van der Waals surface area contributed by atoms with Gasteiger partial charge in [-0.25, -0.2) is 8.78 Å². The zero-order valence-electron chi connectivity index (χ0n) is 18.5. The summed E-state index contributed by atoms with van der Waals surface area (Å²) in [6.07, 6.45) is 0.756. The minimum absolute atomic E-state index is 0.0227. The summed E-state index contributed by atoms with van der Waals surface area (Å²) in [6.45, 7) is 7.43. The van der Waals surface area contributed by atoms with Gasteiger partial charge in [-0.3, -0.25) is 14.8 Å². The van der Waals surface area contributed by atoms with Crippen molar-refractivity contribution in [2.45, 2.75) is 32.2 Å². The Morgan fingerprint density at radius 1 is 1.06 bits per heavy atom. The summed E-state index contributed by atoms with van der Waals surface area (Å²) in [5.74, 6) is -2.52. The Kier molecular flexibility index (Phi) is 5.97. The highest BCUT2D eigenvalue weighted by Gasteiger charge is 2.37. The Hall–Kier alpha value is -2.35. The van der Waals surface area contributed by atoms with E-state index < -0.39 is 5.92 Å². The van der Waals surface area contributed by atoms with Crippen molar-refractivity contribution in [1.82, 2.24) is 19.8 Å². The van der Waals surface area contributed by atoms with E-state index in [2.05, 4.69) is 46.3 Å². The number of aromatic nitrogens is 2. The highest BCUT2D eigenvalue weighted by molar-refractivity contribution is 5.93. The minimum atomic E-state index is -2.52. The average molecular weight is 441 g/mol. The molecule has 5 rings (SSSR count). The van der Waals surface area contributed by atoms with Gasteiger partial charge in [-0.1, -0.05) is 24.3 Å². The Balaban J connectivity index is 1.32. The van der Waals surface area contributed by atoms with Gasteiger partial charge in [0, 0.05) is 67.0 Å². The third kappa shape index (κ3) is 4.85. The number of aryl methyl sites for hydroxylation is 1. The molecular formula is C25H30F2N4O. The first kappa shape index (κ1) is 21.5. The van der Waals surface area contributed by atoms with Crippen LogP contribution < -0.4 is 0 Å². The van der Waals surface area contributed by atoms with E-state index in [9.17, 15) is 8.78 Å². The van der Waals surface area contributed by atoms with E-state index in [1.807, 2.05) is 11.8 Å². The van der Waals surface area contributed by atoms with E-state index in [0.717, 1.165) is 72.7 Å². The Morgan fingerprint density at radius 3 is 2.56 bits per heavy atom. The number of likely N-dealkylation sites (tertiary alicyclic amines) is 1. The van der Waals surface area contributed by atoms with E-state index in [1.54, 1.807) is 0 Å². The smallest absolute Gasteiger partial charge is 0.261 e. The second-order valence-corrected chi connectivity index (χ2v) is 9.09. The summed E-state index contributed by atoms with van der Waals surface area (Å²) < 4.78 is 32.2. The standard InChI is InChI=1S/C25H30F2N4O/c1-18-14-23-22(15-21(29-23)16-30-10-12-32-13-11-30)24(28-18)20-4-2-19(3-5-20)6-8-31-9-7-25(26,27)17-31/h2-5,14-15,29H,6-13,16-17H2,1H3. The molecule has 2 saturated heterocycles. The van der Waals surface area contributed by atoms with Crippen LogP contribution >= 0.6 is 0 Å². The monoisotopic (exact) mass is 440 g/mol. The number of pyridine rings is 1. The van der Waals surface area contributed by atoms with Crippen LogP contribution in [0.25, 0.3) is 22.2 Å². The molecule has 0 spiro atoms. The molecule has 4 heterocycles. The molecule has 2 fully saturated rings. The number of aromatic amines is 1. The third-order valence-corrected chi connectivity index (χ3v) is 6.49. The van der Waals surface area contributed by atoms with Crippen molar-refractivity contribution in [3.8, 4) is 11.3 Å². The number of nitrogens with zero attached hydrogens (tertiary/aromatic N) is 3. The maximum Gasteiger partial charge on any atom is 0.261 e. The molecular weight excluding hydrogens is 410 g/mol. The molecule has 5 nitrogen and oxygen atoms in total. The maximum atomic E-state index is 13.4. The van der Waals surface area contributed by atoms with Gasteiger partial charge < -0.3 is 9.72 Å². The fourth-order valence-corrected chi connectivity index (χ4v) is 4.74. The Morgan fingerprint density at radius 2 is 1.84 bits per heavy atom. The maximum absolute atomic E-state index is 13.4. The lowest BCUT2D eigenvalue weighted by Crippen LogP contribution is -2.35. The van der Waals surface area contributed by atoms with Crippen LogP contribution in [0.5, 0.6) is 0 Å². The van der Waals surface area contributed by atoms with Gasteiger partial charge >= 0.3 is 0 Å². The predicted octanol–water partition coefficient (Wildman–Crippen LogP) is 4.25. The van der Waals surface area contributed by atoms with Crippen molar-refractivity contribution in [2.75, 3.05) is 45.9 Å². The van der Waals surface area contributed by atoms with Crippen molar-refractivity contribution in [1.29, 1.82) is 0 Å². The zero-order chi connectivity index (χ0) is 22.1. The first-order valence-electron chi connectivity index (χ1n) is 11.4. The number of morpholine rings is 1. The number of rotatable bonds is 6. The molecule has 0 unspecified atom stereocenters. The number of ether oxygens (including phenoxy) is 1. The normalized spacial score (nSPS) is 19.7. The molecule has 0 aliphatic carbocycles. The van der Waals surface area contributed by atoms with Gasteiger partial charge in [0.15, 0.2) is 0 Å². The summed E-state index contributed by atoms with van der Waals surface area (Å²) in [6, 6.07) is 12.7. The minimum Gasteiger partial charge on any atom is -0.379 e. The van der Waals surface area contributed by atoms with E-state index in [4.69, 9.17) is 9.72 Å². The number of alkyl halides is 2. The largest absolute Gasteiger partial charge is 0.379 e. The van der Waals surface area contributed by atoms with Crippen LogP contribution in [0, 0.1) is 6.92 Å². The van der Waals surface area contributed by atoms with Crippen LogP contribution in [0.4, 0.5) is 8.78 Å². The fraction of sp³-hybridized carbons (Fsp3) is 0.480. The predicted molar refractivity (Wildman–Crippen MR) is 122 cm³/mol. The molecule has 0 saturated carbocycles. The molecule has 1 aromatic carbocycles. The number of nitrogens with one attached hydrogen (secondary N) is 1. The van der Waals surface area contributed by atoms with Gasteiger partial charge in [-0.05, 0) is 31.0 Å². The molecule has 0 atom stereocenters. The fourth-order valence-electron chi connectivity index (χ4n) is 4.74. The SMILES string of the molecule is Cc1cc2[nH]c(CN3CCOCC3)cc2c(-c2ccc(CCN3CCC(F)(F)C3)cc2)n1. The van der Waals surface area contributed by atoms with Crippen LogP contribution in [0.1, 0.15) is 23.4 Å². The third-order valence-electron chi connectivity index (χ3n) is 6.49. The molecule has 0 radical (unpaired) electrons. The summed E-state index contributed by atoms with van der Waals surface area (Å²) >= 11 is 0. The number of hydrogen-bond donors (Lipinski definition) is 1. The second-order valence-electron chi connectivity index (χ2n) is 9.09. The number of fused-ring (bicyclic) bond motifs is 1. The van der Waals surface area contributed by atoms with Crippen LogP contribution in [-0.4, -0.2) is 71.6 Å². The van der Waals surface area contributed by atoms with Crippen molar-refractivity contribution >= 4 is 10.9 Å². The summed E-state index contributed by atoms with van der Waals surface area (Å²) in [5.41, 5.74) is 6.49. The average Bonchev–Trinajstić information content (AvgIpc) is 3.34. The molecule has 1 N–H and O–H groups in total. The van der Waals surface area contributed by atoms with Gasteiger partial charge in [0.25, 0.3) is 5.92 Å². The topological polar surface area (TPSA) is 44.4 Å². The second kappa shape index (κ2) is 8.89. The molecule has 170 valence electrons. The zero-order valence-corrected chi connectivity index (χ0v) is 18.5. The first-order valence-corrected chi connectivity index (χ1v) is 11.4. The molecule has 2 aromatic heterocycles. The van der Waals surface area contributed by atoms with Crippen molar-refractivity contribution in [2.24, 2.45) is 0 Å². The number of hydrogen-bond acceptors (Lipinski definition) is 4. The molecule has 32 heavy (non-hydrogen) atoms. The molecule has 3 aromatic rings. The van der Waals surface area contributed by atoms with Gasteiger partial charge in [0.1, 0.15) is 0 Å². The molecule has 2 aliphatic rings. The van der Waals surface area contributed by atoms with Crippen LogP contribution in [0.2, 0.25) is 0 Å². The summed E-state index contributed by atoms with van der Waals surface area (Å²) in [4.78, 5) is 12.7. The Bertz CT molecular complexity index is 1070. The highest BCUT2D eigenvalue weighted by atomic mass is 19.3. The molecule has 7 heteroatoms. The lowest BCUT2D eigenvalue weighted by Gasteiger charge is -2.25. The molecule has 2 aliphatic heterocycles.